The molecule has 14 heavy (non-hydrogen) atoms. The number of benzene rings is 1. The Labute approximate surface area is 84.3 Å². The summed E-state index contributed by atoms with van der Waals surface area (Å²) in [5, 5.41) is 3.29. The largest absolute Gasteiger partial charge is 0.384 e. The number of rotatable bonds is 0. The van der Waals surface area contributed by atoms with E-state index in [9.17, 15) is 4.79 Å². The average molecular weight is 189 g/mol. The fourth-order valence-electron chi connectivity index (χ4n) is 1.79. The summed E-state index contributed by atoms with van der Waals surface area (Å²) < 4.78 is 0. The highest BCUT2D eigenvalue weighted by atomic mass is 16.1. The first-order valence-electron chi connectivity index (χ1n) is 4.99. The maximum Gasteiger partial charge on any atom is 0.169 e. The summed E-state index contributed by atoms with van der Waals surface area (Å²) in [4.78, 5) is 11.8. The summed E-state index contributed by atoms with van der Waals surface area (Å²) in [6, 6.07) is 4.06. The molecule has 0 saturated carbocycles. The smallest absolute Gasteiger partial charge is 0.169 e. The number of carbonyl (C=O) groups is 1. The van der Waals surface area contributed by atoms with Crippen molar-refractivity contribution in [2.45, 2.75) is 20.8 Å². The van der Waals surface area contributed by atoms with Crippen molar-refractivity contribution in [2.24, 2.45) is 5.92 Å². The van der Waals surface area contributed by atoms with E-state index in [-0.39, 0.29) is 11.7 Å². The topological polar surface area (TPSA) is 29.1 Å². The van der Waals surface area contributed by atoms with Crippen LogP contribution >= 0.6 is 0 Å². The molecule has 0 bridgehead atoms. The Kier molecular flexibility index (Phi) is 2.06. The van der Waals surface area contributed by atoms with Gasteiger partial charge in [-0.25, -0.2) is 0 Å². The SMILES string of the molecule is Cc1cc2c(cc1C)C(=O)C(C)CN2. The molecule has 0 aliphatic carbocycles. The fraction of sp³-hybridized carbons (Fsp3) is 0.417. The number of ketones is 1. The van der Waals surface area contributed by atoms with E-state index in [4.69, 9.17) is 0 Å². The second-order valence-electron chi connectivity index (χ2n) is 4.13. The third-order valence-corrected chi connectivity index (χ3v) is 2.95. The number of carbonyl (C=O) groups excluding carboxylic acids is 1. The average Bonchev–Trinajstić information content (AvgIpc) is 2.15. The zero-order chi connectivity index (χ0) is 10.3. The van der Waals surface area contributed by atoms with Gasteiger partial charge >= 0.3 is 0 Å². The van der Waals surface area contributed by atoms with E-state index in [1.165, 1.54) is 11.1 Å². The van der Waals surface area contributed by atoms with Crippen molar-refractivity contribution in [3.8, 4) is 0 Å². The van der Waals surface area contributed by atoms with Crippen molar-refractivity contribution in [3.05, 3.63) is 28.8 Å². The van der Waals surface area contributed by atoms with E-state index in [0.29, 0.717) is 0 Å². The predicted octanol–water partition coefficient (Wildman–Crippen LogP) is 2.55. The fourth-order valence-corrected chi connectivity index (χ4v) is 1.79. The Balaban J connectivity index is 2.56. The number of Topliss-reactive ketones (excluding diaryl/α,β-unsaturated/α-hetero) is 1. The van der Waals surface area contributed by atoms with E-state index in [1.54, 1.807) is 0 Å². The highest BCUT2D eigenvalue weighted by Gasteiger charge is 2.23. The summed E-state index contributed by atoms with van der Waals surface area (Å²) in [5.41, 5.74) is 4.27. The zero-order valence-electron chi connectivity index (χ0n) is 8.85. The van der Waals surface area contributed by atoms with Crippen LogP contribution in [0.3, 0.4) is 0 Å². The monoisotopic (exact) mass is 189 g/mol. The van der Waals surface area contributed by atoms with Crippen LogP contribution in [-0.4, -0.2) is 12.3 Å². The summed E-state index contributed by atoms with van der Waals surface area (Å²) in [6.45, 7) is 6.84. The van der Waals surface area contributed by atoms with E-state index in [1.807, 2.05) is 19.9 Å². The molecular weight excluding hydrogens is 174 g/mol. The number of fused-ring (bicyclic) bond motifs is 1. The van der Waals surface area contributed by atoms with E-state index in [0.717, 1.165) is 17.8 Å². The van der Waals surface area contributed by atoms with Crippen LogP contribution in [0.25, 0.3) is 0 Å². The molecule has 0 fully saturated rings. The van der Waals surface area contributed by atoms with Crippen LogP contribution in [0.4, 0.5) is 5.69 Å². The Morgan fingerprint density at radius 2 is 1.93 bits per heavy atom. The molecule has 2 nitrogen and oxygen atoms in total. The maximum atomic E-state index is 11.8. The molecule has 1 heterocycles. The quantitative estimate of drug-likeness (QED) is 0.679. The molecule has 1 unspecified atom stereocenters. The first kappa shape index (κ1) is 9.25. The van der Waals surface area contributed by atoms with Gasteiger partial charge in [0.15, 0.2) is 5.78 Å². The summed E-state index contributed by atoms with van der Waals surface area (Å²) in [7, 11) is 0. The highest BCUT2D eigenvalue weighted by Crippen LogP contribution is 2.27. The van der Waals surface area contributed by atoms with Crippen molar-refractivity contribution < 1.29 is 4.79 Å². The molecule has 0 saturated heterocycles. The Hall–Kier alpha value is -1.31. The molecular formula is C12H15NO. The van der Waals surface area contributed by atoms with Gasteiger partial charge in [-0.15, -0.1) is 0 Å². The van der Waals surface area contributed by atoms with Gasteiger partial charge in [-0.1, -0.05) is 6.92 Å². The van der Waals surface area contributed by atoms with Crippen molar-refractivity contribution in [1.29, 1.82) is 0 Å². The highest BCUT2D eigenvalue weighted by molar-refractivity contribution is 6.04. The lowest BCUT2D eigenvalue weighted by Gasteiger charge is -2.23. The molecule has 0 spiro atoms. The first-order chi connectivity index (χ1) is 6.59. The lowest BCUT2D eigenvalue weighted by molar-refractivity contribution is 0.0932. The standard InChI is InChI=1S/C12H15NO/c1-7-4-10-11(5-8(7)2)13-6-9(3)12(10)14/h4-5,9,13H,6H2,1-3H3. The van der Waals surface area contributed by atoms with Crippen molar-refractivity contribution in [3.63, 3.8) is 0 Å². The van der Waals surface area contributed by atoms with Crippen molar-refractivity contribution >= 4 is 11.5 Å². The van der Waals surface area contributed by atoms with Gasteiger partial charge in [0.25, 0.3) is 0 Å². The van der Waals surface area contributed by atoms with Crippen LogP contribution in [0, 0.1) is 19.8 Å². The molecule has 2 rings (SSSR count). The summed E-state index contributed by atoms with van der Waals surface area (Å²) in [5.74, 6) is 0.367. The van der Waals surface area contributed by atoms with Gasteiger partial charge in [0.1, 0.15) is 0 Å². The lowest BCUT2D eigenvalue weighted by atomic mass is 9.91. The van der Waals surface area contributed by atoms with E-state index >= 15 is 0 Å². The normalized spacial score (nSPS) is 20.2. The summed E-state index contributed by atoms with van der Waals surface area (Å²) >= 11 is 0. The molecule has 0 radical (unpaired) electrons. The lowest BCUT2D eigenvalue weighted by Crippen LogP contribution is -2.27. The molecule has 1 aromatic carbocycles. The molecule has 1 atom stereocenters. The third-order valence-electron chi connectivity index (χ3n) is 2.95. The van der Waals surface area contributed by atoms with Gasteiger partial charge in [-0.3, -0.25) is 4.79 Å². The zero-order valence-corrected chi connectivity index (χ0v) is 8.85. The van der Waals surface area contributed by atoms with Gasteiger partial charge in [0.2, 0.25) is 0 Å². The number of anilines is 1. The second-order valence-corrected chi connectivity index (χ2v) is 4.13. The van der Waals surface area contributed by atoms with Crippen LogP contribution in [-0.2, 0) is 0 Å². The predicted molar refractivity (Wildman–Crippen MR) is 57.9 cm³/mol. The van der Waals surface area contributed by atoms with Crippen LogP contribution < -0.4 is 5.32 Å². The first-order valence-corrected chi connectivity index (χ1v) is 4.99. The van der Waals surface area contributed by atoms with Crippen LogP contribution in [0.15, 0.2) is 12.1 Å². The van der Waals surface area contributed by atoms with E-state index < -0.39 is 0 Å². The van der Waals surface area contributed by atoms with Crippen LogP contribution in [0.1, 0.15) is 28.4 Å². The summed E-state index contributed by atoms with van der Waals surface area (Å²) in [6.07, 6.45) is 0. The van der Waals surface area contributed by atoms with Gasteiger partial charge in [0, 0.05) is 23.7 Å². The van der Waals surface area contributed by atoms with E-state index in [2.05, 4.69) is 18.3 Å². The second kappa shape index (κ2) is 3.12. The van der Waals surface area contributed by atoms with Crippen molar-refractivity contribution in [1.82, 2.24) is 0 Å². The van der Waals surface area contributed by atoms with Crippen LogP contribution in [0.2, 0.25) is 0 Å². The minimum atomic E-state index is 0.101. The molecule has 1 aliphatic heterocycles. The van der Waals surface area contributed by atoms with Crippen molar-refractivity contribution in [2.75, 3.05) is 11.9 Å². The van der Waals surface area contributed by atoms with Crippen LogP contribution in [0.5, 0.6) is 0 Å². The number of nitrogens with one attached hydrogen (secondary N) is 1. The Morgan fingerprint density at radius 3 is 2.64 bits per heavy atom. The molecule has 0 amide bonds. The molecule has 1 aliphatic rings. The molecule has 74 valence electrons. The molecule has 1 aromatic rings. The minimum Gasteiger partial charge on any atom is -0.384 e. The van der Waals surface area contributed by atoms with Gasteiger partial charge in [-0.2, -0.15) is 0 Å². The minimum absolute atomic E-state index is 0.101. The maximum absolute atomic E-state index is 11.8. The number of aryl methyl sites for hydroxylation is 2. The molecule has 2 heteroatoms. The van der Waals surface area contributed by atoms with Gasteiger partial charge in [0.05, 0.1) is 0 Å². The number of hydrogen-bond acceptors (Lipinski definition) is 2. The molecule has 0 aromatic heterocycles. The Bertz CT molecular complexity index is 396. The van der Waals surface area contributed by atoms with Gasteiger partial charge < -0.3 is 5.32 Å². The third kappa shape index (κ3) is 1.31. The number of hydrogen-bond donors (Lipinski definition) is 1. The Morgan fingerprint density at radius 1 is 1.29 bits per heavy atom. The van der Waals surface area contributed by atoms with Gasteiger partial charge in [-0.05, 0) is 37.1 Å². The molecule has 1 N–H and O–H groups in total.